The average molecular weight is 368 g/mol. The van der Waals surface area contributed by atoms with Crippen LogP contribution < -0.4 is 0 Å². The zero-order valence-electron chi connectivity index (χ0n) is 15.8. The Balaban J connectivity index is 1.84. The Morgan fingerprint density at radius 1 is 1.12 bits per heavy atom. The fourth-order valence-corrected chi connectivity index (χ4v) is 4.38. The molecule has 0 fully saturated rings. The number of pyridine rings is 1. The average Bonchev–Trinajstić information content (AvgIpc) is 2.76. The molecule has 136 valence electrons. The van der Waals surface area contributed by atoms with E-state index in [1.807, 2.05) is 24.5 Å². The lowest BCUT2D eigenvalue weighted by molar-refractivity contribution is 0.350. The van der Waals surface area contributed by atoms with Crippen molar-refractivity contribution < 1.29 is 0 Å². The van der Waals surface area contributed by atoms with Gasteiger partial charge < -0.3 is 9.47 Å². The van der Waals surface area contributed by atoms with Crippen LogP contribution in [0.4, 0.5) is 0 Å². The minimum atomic E-state index is -0.467. The first kappa shape index (κ1) is 17.6. The number of alkyl halides is 1. The first-order valence-electron chi connectivity index (χ1n) is 9.34. The van der Waals surface area contributed by atoms with Gasteiger partial charge in [-0.15, -0.1) is 11.6 Å². The summed E-state index contributed by atoms with van der Waals surface area (Å²) >= 11 is 7.04. The summed E-state index contributed by atoms with van der Waals surface area (Å²) in [6.45, 7) is 7.25. The summed E-state index contributed by atoms with van der Waals surface area (Å²) in [5.41, 5.74) is 6.71. The Kier molecular flexibility index (Phi) is 4.54. The highest BCUT2D eigenvalue weighted by Crippen LogP contribution is 2.36. The molecule has 3 nitrogen and oxygen atoms in total. The summed E-state index contributed by atoms with van der Waals surface area (Å²) in [7, 11) is 2.21. The number of aromatic nitrogens is 2. The van der Waals surface area contributed by atoms with Crippen molar-refractivity contribution in [3.05, 3.63) is 65.1 Å². The third kappa shape index (κ3) is 3.15. The molecule has 3 heterocycles. The lowest BCUT2D eigenvalue weighted by Gasteiger charge is -2.25. The maximum atomic E-state index is 7.04. The summed E-state index contributed by atoms with van der Waals surface area (Å²) in [4.78, 5) is 6.09. The van der Waals surface area contributed by atoms with Gasteiger partial charge in [0.25, 0.3) is 0 Å². The molecule has 1 aromatic carbocycles. The SMILES string of the molecule is Cc1ccc2c(c1)c1c(n2CC(C)(Cl)c2ccncc2)CCN(C)CC1. The Hall–Kier alpha value is -1.84. The zero-order chi connectivity index (χ0) is 18.3. The highest BCUT2D eigenvalue weighted by atomic mass is 35.5. The maximum absolute atomic E-state index is 7.04. The second-order valence-electron chi connectivity index (χ2n) is 7.77. The van der Waals surface area contributed by atoms with E-state index in [1.54, 1.807) is 0 Å². The van der Waals surface area contributed by atoms with Crippen LogP contribution in [0.5, 0.6) is 0 Å². The number of fused-ring (bicyclic) bond motifs is 3. The van der Waals surface area contributed by atoms with E-state index in [-0.39, 0.29) is 0 Å². The minimum absolute atomic E-state index is 0.467. The lowest BCUT2D eigenvalue weighted by Crippen LogP contribution is -2.24. The zero-order valence-corrected chi connectivity index (χ0v) is 16.6. The van der Waals surface area contributed by atoms with E-state index in [0.29, 0.717) is 0 Å². The van der Waals surface area contributed by atoms with Gasteiger partial charge in [-0.25, -0.2) is 0 Å². The van der Waals surface area contributed by atoms with Crippen LogP contribution in [-0.4, -0.2) is 34.6 Å². The molecule has 4 heteroatoms. The van der Waals surface area contributed by atoms with E-state index in [1.165, 1.54) is 27.7 Å². The van der Waals surface area contributed by atoms with Crippen LogP contribution in [0.1, 0.15) is 29.3 Å². The van der Waals surface area contributed by atoms with Crippen LogP contribution in [0.3, 0.4) is 0 Å². The van der Waals surface area contributed by atoms with Crippen LogP contribution in [0.25, 0.3) is 10.9 Å². The van der Waals surface area contributed by atoms with Gasteiger partial charge >= 0.3 is 0 Å². The largest absolute Gasteiger partial charge is 0.342 e. The molecular formula is C22H26ClN3. The molecule has 1 atom stereocenters. The molecule has 0 amide bonds. The van der Waals surface area contributed by atoms with Crippen LogP contribution in [0, 0.1) is 6.92 Å². The van der Waals surface area contributed by atoms with Gasteiger partial charge in [-0.2, -0.15) is 0 Å². The van der Waals surface area contributed by atoms with Crippen molar-refractivity contribution in [2.75, 3.05) is 20.1 Å². The smallest absolute Gasteiger partial charge is 0.0846 e. The van der Waals surface area contributed by atoms with Crippen molar-refractivity contribution in [3.63, 3.8) is 0 Å². The normalized spacial score (nSPS) is 17.7. The van der Waals surface area contributed by atoms with Crippen molar-refractivity contribution in [3.8, 4) is 0 Å². The van der Waals surface area contributed by atoms with Crippen LogP contribution in [0.2, 0.25) is 0 Å². The molecule has 2 aromatic heterocycles. The quantitative estimate of drug-likeness (QED) is 0.634. The van der Waals surface area contributed by atoms with Gasteiger partial charge in [0, 0.05) is 55.0 Å². The summed E-state index contributed by atoms with van der Waals surface area (Å²) in [5.74, 6) is 0. The van der Waals surface area contributed by atoms with E-state index < -0.39 is 4.87 Å². The Morgan fingerprint density at radius 3 is 2.62 bits per heavy atom. The van der Waals surface area contributed by atoms with E-state index in [0.717, 1.165) is 38.0 Å². The van der Waals surface area contributed by atoms with E-state index in [9.17, 15) is 0 Å². The molecular weight excluding hydrogens is 342 g/mol. The number of hydrogen-bond donors (Lipinski definition) is 0. The molecule has 0 bridgehead atoms. The van der Waals surface area contributed by atoms with Crippen molar-refractivity contribution in [2.45, 2.75) is 38.1 Å². The fourth-order valence-electron chi connectivity index (χ4n) is 4.14. The standard InChI is InChI=1S/C22H26ClN3/c1-16-4-5-20-19(14-16)18-8-12-25(3)13-9-21(18)26(20)15-22(2,23)17-6-10-24-11-7-17/h4-7,10-11,14H,8-9,12-13,15H2,1-3H3. The predicted octanol–water partition coefficient (Wildman–Crippen LogP) is 4.53. The van der Waals surface area contributed by atoms with Crippen LogP contribution in [-0.2, 0) is 24.3 Å². The number of hydrogen-bond acceptors (Lipinski definition) is 2. The Labute approximate surface area is 160 Å². The van der Waals surface area contributed by atoms with Gasteiger partial charge in [0.2, 0.25) is 0 Å². The van der Waals surface area contributed by atoms with Crippen molar-refractivity contribution >= 4 is 22.5 Å². The third-order valence-corrected chi connectivity index (χ3v) is 5.99. The highest BCUT2D eigenvalue weighted by molar-refractivity contribution is 6.23. The molecule has 3 aromatic rings. The monoisotopic (exact) mass is 367 g/mol. The molecule has 0 saturated carbocycles. The topological polar surface area (TPSA) is 21.1 Å². The highest BCUT2D eigenvalue weighted by Gasteiger charge is 2.28. The predicted molar refractivity (Wildman–Crippen MR) is 109 cm³/mol. The Bertz CT molecular complexity index is 927. The van der Waals surface area contributed by atoms with Crippen molar-refractivity contribution in [2.24, 2.45) is 0 Å². The minimum Gasteiger partial charge on any atom is -0.342 e. The second kappa shape index (κ2) is 6.71. The van der Waals surface area contributed by atoms with Gasteiger partial charge in [0.15, 0.2) is 0 Å². The Morgan fingerprint density at radius 2 is 1.85 bits per heavy atom. The van der Waals surface area contributed by atoms with Gasteiger partial charge in [-0.1, -0.05) is 11.6 Å². The number of likely N-dealkylation sites (N-methyl/N-ethyl adjacent to an activating group) is 1. The van der Waals surface area contributed by atoms with E-state index in [2.05, 4.69) is 53.5 Å². The van der Waals surface area contributed by atoms with Crippen molar-refractivity contribution in [1.29, 1.82) is 0 Å². The molecule has 1 aliphatic rings. The third-order valence-electron chi connectivity index (χ3n) is 5.65. The second-order valence-corrected chi connectivity index (χ2v) is 8.60. The summed E-state index contributed by atoms with van der Waals surface area (Å²) < 4.78 is 2.47. The molecule has 0 aliphatic carbocycles. The number of rotatable bonds is 3. The van der Waals surface area contributed by atoms with E-state index >= 15 is 0 Å². The summed E-state index contributed by atoms with van der Waals surface area (Å²) in [6.07, 6.45) is 5.82. The fraction of sp³-hybridized carbons (Fsp3) is 0.409. The van der Waals surface area contributed by atoms with Crippen LogP contribution in [0.15, 0.2) is 42.7 Å². The number of nitrogens with zero attached hydrogens (tertiary/aromatic N) is 3. The number of aryl methyl sites for hydroxylation is 1. The molecule has 1 unspecified atom stereocenters. The molecule has 0 radical (unpaired) electrons. The molecule has 0 spiro atoms. The number of benzene rings is 1. The van der Waals surface area contributed by atoms with Crippen LogP contribution >= 0.6 is 11.6 Å². The number of halogens is 1. The first-order valence-corrected chi connectivity index (χ1v) is 9.72. The maximum Gasteiger partial charge on any atom is 0.0846 e. The van der Waals surface area contributed by atoms with Gasteiger partial charge in [-0.05, 0) is 62.7 Å². The molecule has 1 aliphatic heterocycles. The molecule has 26 heavy (non-hydrogen) atoms. The molecule has 0 saturated heterocycles. The van der Waals surface area contributed by atoms with Gasteiger partial charge in [-0.3, -0.25) is 4.98 Å². The molecule has 0 N–H and O–H groups in total. The van der Waals surface area contributed by atoms with E-state index in [4.69, 9.17) is 11.6 Å². The summed E-state index contributed by atoms with van der Waals surface area (Å²) in [5, 5.41) is 1.40. The summed E-state index contributed by atoms with van der Waals surface area (Å²) in [6, 6.07) is 10.9. The lowest BCUT2D eigenvalue weighted by atomic mass is 10.0. The van der Waals surface area contributed by atoms with Crippen molar-refractivity contribution in [1.82, 2.24) is 14.5 Å². The molecule has 4 rings (SSSR count). The van der Waals surface area contributed by atoms with Gasteiger partial charge in [0.1, 0.15) is 0 Å². The first-order chi connectivity index (χ1) is 12.5. The van der Waals surface area contributed by atoms with Gasteiger partial charge in [0.05, 0.1) is 4.87 Å².